The first-order valence-corrected chi connectivity index (χ1v) is 15.9. The average molecular weight is 529 g/mol. The summed E-state index contributed by atoms with van der Waals surface area (Å²) >= 11 is 5.75. The molecule has 1 aliphatic heterocycles. The van der Waals surface area contributed by atoms with Gasteiger partial charge in [-0.25, -0.2) is 0 Å². The molecule has 0 saturated carbocycles. The van der Waals surface area contributed by atoms with E-state index in [1.807, 2.05) is 4.90 Å². The van der Waals surface area contributed by atoms with Gasteiger partial charge in [0.15, 0.2) is 0 Å². The first-order valence-electron chi connectivity index (χ1n) is 15.4. The van der Waals surface area contributed by atoms with E-state index < -0.39 is 0 Å². The standard InChI is InChI=1S/C30H57ClN2O3/c1-2-3-4-5-6-7-8-9-10-11-12-13-14-15-16-17-18-28-36-30(35)21-20-29(34)33-26-24-32(25-27-33)23-19-22-31/h2-28H2,1H3. The number of carbonyl (C=O) groups is 2. The molecular weight excluding hydrogens is 472 g/mol. The molecule has 0 radical (unpaired) electrons. The predicted molar refractivity (Wildman–Crippen MR) is 153 cm³/mol. The van der Waals surface area contributed by atoms with Gasteiger partial charge in [-0.3, -0.25) is 14.5 Å². The quantitative estimate of drug-likeness (QED) is 0.0730. The summed E-state index contributed by atoms with van der Waals surface area (Å²) in [6, 6.07) is 0. The van der Waals surface area contributed by atoms with Crippen LogP contribution in [-0.2, 0) is 14.3 Å². The van der Waals surface area contributed by atoms with E-state index in [0.717, 1.165) is 52.0 Å². The Morgan fingerprint density at radius 1 is 0.639 bits per heavy atom. The van der Waals surface area contributed by atoms with Crippen molar-refractivity contribution in [2.24, 2.45) is 0 Å². The lowest BCUT2D eigenvalue weighted by atomic mass is 10.0. The second-order valence-corrected chi connectivity index (χ2v) is 11.0. The highest BCUT2D eigenvalue weighted by atomic mass is 35.5. The molecular formula is C30H57ClN2O3. The van der Waals surface area contributed by atoms with Crippen molar-refractivity contribution in [3.05, 3.63) is 0 Å². The zero-order chi connectivity index (χ0) is 26.1. The molecule has 0 bridgehead atoms. The monoisotopic (exact) mass is 528 g/mol. The van der Waals surface area contributed by atoms with E-state index in [2.05, 4.69) is 11.8 Å². The number of amides is 1. The third-order valence-corrected chi connectivity index (χ3v) is 7.65. The van der Waals surface area contributed by atoms with E-state index >= 15 is 0 Å². The summed E-state index contributed by atoms with van der Waals surface area (Å²) in [5, 5.41) is 0. The Morgan fingerprint density at radius 2 is 1.11 bits per heavy atom. The number of unbranched alkanes of at least 4 members (excludes halogenated alkanes) is 16. The number of alkyl halides is 1. The maximum Gasteiger partial charge on any atom is 0.306 e. The Morgan fingerprint density at radius 3 is 1.58 bits per heavy atom. The smallest absolute Gasteiger partial charge is 0.306 e. The van der Waals surface area contributed by atoms with Crippen molar-refractivity contribution in [2.75, 3.05) is 45.2 Å². The second-order valence-electron chi connectivity index (χ2n) is 10.6. The van der Waals surface area contributed by atoms with Crippen LogP contribution in [0, 0.1) is 0 Å². The molecule has 0 aromatic heterocycles. The van der Waals surface area contributed by atoms with Crippen molar-refractivity contribution >= 4 is 23.5 Å². The normalized spacial score (nSPS) is 14.3. The van der Waals surface area contributed by atoms with Gasteiger partial charge in [0, 0.05) is 38.5 Å². The van der Waals surface area contributed by atoms with E-state index in [1.165, 1.54) is 96.3 Å². The molecule has 0 atom stereocenters. The molecule has 1 fully saturated rings. The molecule has 1 aliphatic rings. The summed E-state index contributed by atoms with van der Waals surface area (Å²) in [7, 11) is 0. The zero-order valence-corrected chi connectivity index (χ0v) is 24.3. The number of ether oxygens (including phenoxy) is 1. The third kappa shape index (κ3) is 19.3. The van der Waals surface area contributed by atoms with Gasteiger partial charge in [-0.05, 0) is 19.4 Å². The Labute approximate surface area is 228 Å². The van der Waals surface area contributed by atoms with Crippen LogP contribution in [0.3, 0.4) is 0 Å². The molecule has 0 N–H and O–H groups in total. The Kier molecular flexibility index (Phi) is 22.6. The summed E-state index contributed by atoms with van der Waals surface area (Å²) < 4.78 is 5.33. The van der Waals surface area contributed by atoms with Crippen molar-refractivity contribution in [3.63, 3.8) is 0 Å². The van der Waals surface area contributed by atoms with Gasteiger partial charge >= 0.3 is 5.97 Å². The van der Waals surface area contributed by atoms with Gasteiger partial charge in [0.1, 0.15) is 0 Å². The Bertz CT molecular complexity index is 524. The molecule has 6 heteroatoms. The molecule has 0 aliphatic carbocycles. The molecule has 1 heterocycles. The van der Waals surface area contributed by atoms with Crippen LogP contribution in [0.2, 0.25) is 0 Å². The van der Waals surface area contributed by atoms with Crippen molar-refractivity contribution in [2.45, 2.75) is 135 Å². The van der Waals surface area contributed by atoms with Gasteiger partial charge in [-0.2, -0.15) is 0 Å². The number of nitrogens with zero attached hydrogens (tertiary/aromatic N) is 2. The molecule has 212 valence electrons. The van der Waals surface area contributed by atoms with Crippen molar-refractivity contribution in [1.29, 1.82) is 0 Å². The summed E-state index contributed by atoms with van der Waals surface area (Å²) in [5.74, 6) is 0.517. The minimum absolute atomic E-state index is 0.0711. The molecule has 1 amide bonds. The Hall–Kier alpha value is -0.810. The first-order chi connectivity index (χ1) is 17.7. The average Bonchev–Trinajstić information content (AvgIpc) is 2.90. The highest BCUT2D eigenvalue weighted by Gasteiger charge is 2.21. The van der Waals surface area contributed by atoms with Gasteiger partial charge in [-0.1, -0.05) is 110 Å². The summed E-state index contributed by atoms with van der Waals surface area (Å²) in [6.07, 6.45) is 24.3. The Balaban J connectivity index is 1.81. The number of halogens is 1. The molecule has 5 nitrogen and oxygen atoms in total. The predicted octanol–water partition coefficient (Wildman–Crippen LogP) is 7.73. The number of hydrogen-bond acceptors (Lipinski definition) is 4. The summed E-state index contributed by atoms with van der Waals surface area (Å²) in [6.45, 7) is 7.05. The first kappa shape index (κ1) is 33.2. The minimum atomic E-state index is -0.236. The van der Waals surface area contributed by atoms with E-state index in [9.17, 15) is 9.59 Å². The van der Waals surface area contributed by atoms with Crippen LogP contribution in [-0.4, -0.2) is 66.9 Å². The van der Waals surface area contributed by atoms with Crippen LogP contribution in [0.25, 0.3) is 0 Å². The van der Waals surface area contributed by atoms with Crippen molar-refractivity contribution in [3.8, 4) is 0 Å². The van der Waals surface area contributed by atoms with Gasteiger partial charge in [-0.15, -0.1) is 11.6 Å². The molecule has 36 heavy (non-hydrogen) atoms. The largest absolute Gasteiger partial charge is 0.466 e. The maximum atomic E-state index is 12.3. The van der Waals surface area contributed by atoms with Crippen LogP contribution in [0.1, 0.15) is 135 Å². The highest BCUT2D eigenvalue weighted by molar-refractivity contribution is 6.17. The van der Waals surface area contributed by atoms with Gasteiger partial charge in [0.2, 0.25) is 5.91 Å². The SMILES string of the molecule is CCCCCCCCCCCCCCCCCCCOC(=O)CCC(=O)N1CCN(CCCCl)CC1. The zero-order valence-electron chi connectivity index (χ0n) is 23.6. The number of esters is 1. The lowest BCUT2D eigenvalue weighted by Gasteiger charge is -2.34. The van der Waals surface area contributed by atoms with Gasteiger partial charge in [0.05, 0.1) is 13.0 Å². The lowest BCUT2D eigenvalue weighted by Crippen LogP contribution is -2.48. The molecule has 1 rings (SSSR count). The summed E-state index contributed by atoms with van der Waals surface area (Å²) in [5.41, 5.74) is 0. The van der Waals surface area contributed by atoms with Crippen LogP contribution in [0.15, 0.2) is 0 Å². The number of hydrogen-bond donors (Lipinski definition) is 0. The van der Waals surface area contributed by atoms with Crippen LogP contribution >= 0.6 is 11.6 Å². The minimum Gasteiger partial charge on any atom is -0.466 e. The van der Waals surface area contributed by atoms with Crippen molar-refractivity contribution < 1.29 is 14.3 Å². The van der Waals surface area contributed by atoms with Crippen LogP contribution in [0.5, 0.6) is 0 Å². The van der Waals surface area contributed by atoms with Crippen molar-refractivity contribution in [1.82, 2.24) is 9.80 Å². The number of carbonyl (C=O) groups excluding carboxylic acids is 2. The van der Waals surface area contributed by atoms with E-state index in [1.54, 1.807) is 0 Å². The highest BCUT2D eigenvalue weighted by Crippen LogP contribution is 2.14. The van der Waals surface area contributed by atoms with Crippen LogP contribution in [0.4, 0.5) is 0 Å². The molecule has 0 aromatic rings. The topological polar surface area (TPSA) is 49.9 Å². The lowest BCUT2D eigenvalue weighted by molar-refractivity contribution is -0.146. The summed E-state index contributed by atoms with van der Waals surface area (Å²) in [4.78, 5) is 28.5. The van der Waals surface area contributed by atoms with Gasteiger partial charge in [0.25, 0.3) is 0 Å². The molecule has 0 spiro atoms. The third-order valence-electron chi connectivity index (χ3n) is 7.39. The fraction of sp³-hybridized carbons (Fsp3) is 0.933. The fourth-order valence-electron chi connectivity index (χ4n) is 4.96. The van der Waals surface area contributed by atoms with Gasteiger partial charge < -0.3 is 9.64 Å². The molecule has 0 aromatic carbocycles. The molecule has 0 unspecified atom stereocenters. The maximum absolute atomic E-state index is 12.3. The van der Waals surface area contributed by atoms with Crippen LogP contribution < -0.4 is 0 Å². The number of rotatable bonds is 24. The number of piperazine rings is 1. The van der Waals surface area contributed by atoms with E-state index in [4.69, 9.17) is 16.3 Å². The van der Waals surface area contributed by atoms with E-state index in [-0.39, 0.29) is 24.7 Å². The second kappa shape index (κ2) is 24.5. The molecule has 1 saturated heterocycles. The van der Waals surface area contributed by atoms with E-state index in [0.29, 0.717) is 12.5 Å². The fourth-order valence-corrected chi connectivity index (χ4v) is 5.08.